The lowest BCUT2D eigenvalue weighted by molar-refractivity contribution is -0.208. The van der Waals surface area contributed by atoms with Crippen molar-refractivity contribution in [1.29, 1.82) is 0 Å². The molecule has 0 aromatic carbocycles. The SMILES string of the molecule is CC.CC.CC.CC(C)C(O)CC1CCC2C3CCC4CC(C(F)(F)F)CCC4(C)C3CCC12C.CNC.CO. The van der Waals surface area contributed by atoms with Crippen LogP contribution in [0.25, 0.3) is 0 Å². The van der Waals surface area contributed by atoms with Crippen molar-refractivity contribution in [2.75, 3.05) is 21.2 Å². The highest BCUT2D eigenvalue weighted by Crippen LogP contribution is 2.68. The lowest BCUT2D eigenvalue weighted by Crippen LogP contribution is -2.54. The molecule has 6 heteroatoms. The molecule has 4 aliphatic carbocycles. The number of nitrogens with one attached hydrogen (secondary N) is 1. The van der Waals surface area contributed by atoms with Gasteiger partial charge in [-0.1, -0.05) is 69.2 Å². The topological polar surface area (TPSA) is 52.5 Å². The van der Waals surface area contributed by atoms with Crippen LogP contribution in [0.1, 0.15) is 133 Å². The third kappa shape index (κ3) is 9.86. The Morgan fingerprint density at radius 3 is 1.73 bits per heavy atom. The van der Waals surface area contributed by atoms with E-state index in [2.05, 4.69) is 33.0 Å². The van der Waals surface area contributed by atoms with Crippen LogP contribution in [-0.2, 0) is 0 Å². The summed E-state index contributed by atoms with van der Waals surface area (Å²) in [6, 6.07) is 0. The summed E-state index contributed by atoms with van der Waals surface area (Å²) in [5, 5.41) is 20.3. The van der Waals surface area contributed by atoms with E-state index in [4.69, 9.17) is 5.11 Å². The van der Waals surface area contributed by atoms with Gasteiger partial charge in [0.15, 0.2) is 0 Å². The largest absolute Gasteiger partial charge is 0.400 e. The molecule has 0 aliphatic heterocycles. The Hall–Kier alpha value is -0.330. The van der Waals surface area contributed by atoms with Gasteiger partial charge in [-0.25, -0.2) is 0 Å². The summed E-state index contributed by atoms with van der Waals surface area (Å²) >= 11 is 0. The number of hydrogen-bond donors (Lipinski definition) is 3. The van der Waals surface area contributed by atoms with E-state index in [9.17, 15) is 18.3 Å². The second-order valence-electron chi connectivity index (χ2n) is 12.5. The van der Waals surface area contributed by atoms with E-state index in [1.165, 1.54) is 25.7 Å². The summed E-state index contributed by atoms with van der Waals surface area (Å²) in [5.74, 6) is 2.13. The van der Waals surface area contributed by atoms with Crippen molar-refractivity contribution >= 4 is 0 Å². The monoisotopic (exact) mass is 582 g/mol. The van der Waals surface area contributed by atoms with Crippen LogP contribution in [0.15, 0.2) is 0 Å². The van der Waals surface area contributed by atoms with E-state index in [-0.39, 0.29) is 17.4 Å². The first-order chi connectivity index (χ1) is 18.9. The minimum Gasteiger partial charge on any atom is -0.400 e. The number of rotatable bonds is 3. The average Bonchev–Trinajstić information content (AvgIpc) is 3.28. The lowest BCUT2D eigenvalue weighted by atomic mass is 9.44. The average molecular weight is 582 g/mol. The zero-order valence-electron chi connectivity index (χ0n) is 28.7. The number of aliphatic hydroxyl groups excluding tert-OH is 2. The summed E-state index contributed by atoms with van der Waals surface area (Å²) < 4.78 is 40.1. The smallest absolute Gasteiger partial charge is 0.391 e. The van der Waals surface area contributed by atoms with Gasteiger partial charge in [-0.3, -0.25) is 0 Å². The van der Waals surface area contributed by atoms with Gasteiger partial charge in [-0.2, -0.15) is 13.2 Å². The maximum Gasteiger partial charge on any atom is 0.391 e. The zero-order chi connectivity index (χ0) is 31.9. The zero-order valence-corrected chi connectivity index (χ0v) is 28.7. The molecule has 0 aromatic rings. The molecule has 0 aromatic heterocycles. The Bertz CT molecular complexity index is 629. The molecule has 244 valence electrons. The number of alkyl halides is 3. The molecule has 4 aliphatic rings. The molecule has 0 bridgehead atoms. The van der Waals surface area contributed by atoms with Crippen LogP contribution in [0.5, 0.6) is 0 Å². The van der Waals surface area contributed by atoms with Gasteiger partial charge in [-0.05, 0) is 125 Å². The minimum atomic E-state index is -4.01. The highest BCUT2D eigenvalue weighted by Gasteiger charge is 2.61. The minimum absolute atomic E-state index is 0.113. The van der Waals surface area contributed by atoms with Crippen molar-refractivity contribution in [3.8, 4) is 0 Å². The summed E-state index contributed by atoms with van der Waals surface area (Å²) in [6.07, 6.45) is 5.19. The predicted molar refractivity (Wildman–Crippen MR) is 167 cm³/mol. The first-order valence-electron chi connectivity index (χ1n) is 16.7. The van der Waals surface area contributed by atoms with Gasteiger partial charge in [0.2, 0.25) is 0 Å². The van der Waals surface area contributed by atoms with E-state index in [1.807, 2.05) is 55.6 Å². The first-order valence-corrected chi connectivity index (χ1v) is 16.7. The number of hydrogen-bond acceptors (Lipinski definition) is 3. The van der Waals surface area contributed by atoms with E-state index in [0.717, 1.165) is 32.8 Å². The summed E-state index contributed by atoms with van der Waals surface area (Å²) in [5.41, 5.74) is 0.435. The van der Waals surface area contributed by atoms with Gasteiger partial charge in [0.1, 0.15) is 0 Å². The summed E-state index contributed by atoms with van der Waals surface area (Å²) in [4.78, 5) is 0. The fraction of sp³-hybridized carbons (Fsp3) is 1.00. The van der Waals surface area contributed by atoms with Crippen LogP contribution in [0, 0.1) is 52.3 Å². The maximum atomic E-state index is 13.4. The predicted octanol–water partition coefficient (Wildman–Crippen LogP) is 9.75. The van der Waals surface area contributed by atoms with Crippen molar-refractivity contribution in [2.24, 2.45) is 52.3 Å². The van der Waals surface area contributed by atoms with Crippen LogP contribution in [0.3, 0.4) is 0 Å². The molecule has 4 fully saturated rings. The first kappa shape index (κ1) is 41.8. The molecule has 9 atom stereocenters. The summed E-state index contributed by atoms with van der Waals surface area (Å²) in [6.45, 7) is 21.0. The van der Waals surface area contributed by atoms with Gasteiger partial charge in [0.25, 0.3) is 0 Å². The van der Waals surface area contributed by atoms with Crippen molar-refractivity contribution < 1.29 is 23.4 Å². The molecule has 0 spiro atoms. The molecule has 0 radical (unpaired) electrons. The van der Waals surface area contributed by atoms with E-state index >= 15 is 0 Å². The molecular formula is C34H70F3NO2. The van der Waals surface area contributed by atoms with E-state index in [0.29, 0.717) is 47.8 Å². The van der Waals surface area contributed by atoms with Crippen LogP contribution in [-0.4, -0.2) is 43.7 Å². The third-order valence-electron chi connectivity index (χ3n) is 10.6. The fourth-order valence-corrected chi connectivity index (χ4v) is 8.62. The Labute approximate surface area is 247 Å². The summed E-state index contributed by atoms with van der Waals surface area (Å²) in [7, 11) is 4.75. The third-order valence-corrected chi connectivity index (χ3v) is 10.6. The number of aliphatic hydroxyl groups is 2. The van der Waals surface area contributed by atoms with Gasteiger partial charge < -0.3 is 15.5 Å². The van der Waals surface area contributed by atoms with Gasteiger partial charge in [0.05, 0.1) is 12.0 Å². The van der Waals surface area contributed by atoms with Crippen molar-refractivity contribution in [1.82, 2.24) is 5.32 Å². The van der Waals surface area contributed by atoms with E-state index < -0.39 is 12.1 Å². The Balaban J connectivity index is 0. The van der Waals surface area contributed by atoms with Crippen LogP contribution in [0.2, 0.25) is 0 Å². The normalized spacial score (nSPS) is 36.4. The van der Waals surface area contributed by atoms with Crippen LogP contribution < -0.4 is 5.32 Å². The molecule has 40 heavy (non-hydrogen) atoms. The van der Waals surface area contributed by atoms with Gasteiger partial charge in [-0.15, -0.1) is 0 Å². The molecule has 0 saturated heterocycles. The maximum absolute atomic E-state index is 13.4. The van der Waals surface area contributed by atoms with Crippen molar-refractivity contribution in [2.45, 2.75) is 146 Å². The molecule has 4 rings (SSSR count). The molecule has 3 nitrogen and oxygen atoms in total. The molecular weight excluding hydrogens is 511 g/mol. The Morgan fingerprint density at radius 1 is 0.775 bits per heavy atom. The lowest BCUT2D eigenvalue weighted by Gasteiger charge is -2.61. The standard InChI is InChI=1S/C25H41F3O.C2H7N.3C2H6.CH4O/c1-15(2)22(29)14-17-6-8-20-19-7-5-16-13-18(25(26,27)28)9-11-23(16,3)21(19)10-12-24(17,20)4;1-3-2;4*1-2/h15-22,29H,5-14H2,1-4H3;3H,1-2H3;3*1-2H3;2H,1H3. The Morgan fingerprint density at radius 2 is 1.25 bits per heavy atom. The number of fused-ring (bicyclic) bond motifs is 5. The van der Waals surface area contributed by atoms with Crippen LogP contribution >= 0.6 is 0 Å². The molecule has 0 heterocycles. The highest BCUT2D eigenvalue weighted by atomic mass is 19.4. The number of halogens is 3. The van der Waals surface area contributed by atoms with Crippen LogP contribution in [0.4, 0.5) is 13.2 Å². The Kier molecular flexibility index (Phi) is 20.7. The van der Waals surface area contributed by atoms with Gasteiger partial charge >= 0.3 is 6.18 Å². The molecule has 3 N–H and O–H groups in total. The van der Waals surface area contributed by atoms with Crippen molar-refractivity contribution in [3.63, 3.8) is 0 Å². The highest BCUT2D eigenvalue weighted by molar-refractivity contribution is 5.09. The molecule has 9 unspecified atom stereocenters. The van der Waals surface area contributed by atoms with E-state index in [1.54, 1.807) is 0 Å². The second kappa shape index (κ2) is 19.8. The van der Waals surface area contributed by atoms with Crippen molar-refractivity contribution in [3.05, 3.63) is 0 Å². The molecule has 4 saturated carbocycles. The molecule has 0 amide bonds. The fourth-order valence-electron chi connectivity index (χ4n) is 8.62. The van der Waals surface area contributed by atoms with Gasteiger partial charge in [0, 0.05) is 7.11 Å². The second-order valence-corrected chi connectivity index (χ2v) is 12.5. The quantitative estimate of drug-likeness (QED) is 0.311.